The van der Waals surface area contributed by atoms with Crippen LogP contribution in [0, 0.1) is 6.92 Å². The number of rotatable bonds is 5. The summed E-state index contributed by atoms with van der Waals surface area (Å²) in [6, 6.07) is 5.00. The molecule has 1 fully saturated rings. The van der Waals surface area contributed by atoms with E-state index in [-0.39, 0.29) is 6.04 Å². The highest BCUT2D eigenvalue weighted by Crippen LogP contribution is 2.23. The zero-order valence-electron chi connectivity index (χ0n) is 12.4. The second-order valence-electron chi connectivity index (χ2n) is 5.53. The molecule has 19 heavy (non-hydrogen) atoms. The first-order valence-electron chi connectivity index (χ1n) is 7.40. The molecular formula is C15H27N3O. The van der Waals surface area contributed by atoms with Crippen LogP contribution >= 0.6 is 0 Å². The molecule has 1 aromatic heterocycles. The van der Waals surface area contributed by atoms with E-state index in [1.165, 1.54) is 6.42 Å². The van der Waals surface area contributed by atoms with Crippen molar-refractivity contribution >= 4 is 0 Å². The fraction of sp³-hybridized carbons (Fsp3) is 0.733. The molecule has 0 spiro atoms. The van der Waals surface area contributed by atoms with Gasteiger partial charge in [0.15, 0.2) is 0 Å². The van der Waals surface area contributed by atoms with E-state index in [2.05, 4.69) is 29.7 Å². The Balaban J connectivity index is 1.95. The van der Waals surface area contributed by atoms with Crippen LogP contribution in [0.15, 0.2) is 16.5 Å². The Morgan fingerprint density at radius 1 is 1.21 bits per heavy atom. The maximum atomic E-state index is 5.95. The highest BCUT2D eigenvalue weighted by atomic mass is 16.3. The molecule has 1 aromatic rings. The molecule has 1 saturated heterocycles. The molecule has 2 atom stereocenters. The van der Waals surface area contributed by atoms with E-state index in [4.69, 9.17) is 10.2 Å². The molecular weight excluding hydrogens is 238 g/mol. The molecule has 2 heterocycles. The van der Waals surface area contributed by atoms with Gasteiger partial charge >= 0.3 is 0 Å². The van der Waals surface area contributed by atoms with Crippen LogP contribution in [-0.4, -0.2) is 48.6 Å². The monoisotopic (exact) mass is 265 g/mol. The van der Waals surface area contributed by atoms with Gasteiger partial charge in [-0.1, -0.05) is 6.92 Å². The van der Waals surface area contributed by atoms with Gasteiger partial charge in [0, 0.05) is 38.8 Å². The lowest BCUT2D eigenvalue weighted by atomic mass is 10.1. The van der Waals surface area contributed by atoms with Gasteiger partial charge in [0.25, 0.3) is 0 Å². The van der Waals surface area contributed by atoms with Crippen molar-refractivity contribution in [3.8, 4) is 0 Å². The van der Waals surface area contributed by atoms with E-state index in [1.807, 2.05) is 13.0 Å². The van der Waals surface area contributed by atoms with Gasteiger partial charge in [0.05, 0.1) is 6.04 Å². The Hall–Kier alpha value is -0.840. The van der Waals surface area contributed by atoms with Crippen LogP contribution in [-0.2, 0) is 0 Å². The smallest absolute Gasteiger partial charge is 0.122 e. The number of piperazine rings is 1. The fourth-order valence-electron chi connectivity index (χ4n) is 2.83. The van der Waals surface area contributed by atoms with Crippen LogP contribution in [0.1, 0.15) is 37.8 Å². The summed E-state index contributed by atoms with van der Waals surface area (Å²) in [7, 11) is 0. The van der Waals surface area contributed by atoms with Crippen molar-refractivity contribution in [1.29, 1.82) is 0 Å². The molecule has 0 bridgehead atoms. The van der Waals surface area contributed by atoms with Crippen molar-refractivity contribution in [2.75, 3.05) is 32.7 Å². The number of hydrogen-bond donors (Lipinski definition) is 1. The summed E-state index contributed by atoms with van der Waals surface area (Å²) in [5, 5.41) is 0. The summed E-state index contributed by atoms with van der Waals surface area (Å²) in [5.74, 6) is 1.98. The molecule has 4 nitrogen and oxygen atoms in total. The summed E-state index contributed by atoms with van der Waals surface area (Å²) in [5.41, 5.74) is 5.95. The third-order valence-electron chi connectivity index (χ3n) is 4.32. The molecule has 108 valence electrons. The molecule has 4 heteroatoms. The van der Waals surface area contributed by atoms with Gasteiger partial charge in [-0.05, 0) is 32.4 Å². The van der Waals surface area contributed by atoms with Crippen LogP contribution in [0.4, 0.5) is 0 Å². The lowest BCUT2D eigenvalue weighted by molar-refractivity contribution is 0.0674. The Morgan fingerprint density at radius 2 is 1.84 bits per heavy atom. The van der Waals surface area contributed by atoms with E-state index in [9.17, 15) is 0 Å². The fourth-order valence-corrected chi connectivity index (χ4v) is 2.83. The summed E-state index contributed by atoms with van der Waals surface area (Å²) >= 11 is 0. The van der Waals surface area contributed by atoms with Crippen molar-refractivity contribution in [3.05, 3.63) is 23.7 Å². The van der Waals surface area contributed by atoms with E-state index < -0.39 is 0 Å². The maximum Gasteiger partial charge on any atom is 0.122 e. The van der Waals surface area contributed by atoms with Crippen molar-refractivity contribution in [1.82, 2.24) is 9.80 Å². The summed E-state index contributed by atoms with van der Waals surface area (Å²) in [6.07, 6.45) is 1.22. The van der Waals surface area contributed by atoms with Gasteiger partial charge in [-0.15, -0.1) is 0 Å². The normalized spacial score (nSPS) is 21.5. The molecule has 0 radical (unpaired) electrons. The topological polar surface area (TPSA) is 45.6 Å². The molecule has 0 amide bonds. The Kier molecular flexibility index (Phi) is 5.02. The van der Waals surface area contributed by atoms with Crippen LogP contribution in [0.25, 0.3) is 0 Å². The SMILES string of the molecule is CCC(C)N1CCN(C(CN)c2ccc(C)o2)CC1. The lowest BCUT2D eigenvalue weighted by Gasteiger charge is -2.40. The highest BCUT2D eigenvalue weighted by molar-refractivity contribution is 5.10. The average Bonchev–Trinajstić information content (AvgIpc) is 2.86. The van der Waals surface area contributed by atoms with Gasteiger partial charge in [0.2, 0.25) is 0 Å². The molecule has 0 aromatic carbocycles. The number of nitrogens with zero attached hydrogens (tertiary/aromatic N) is 2. The number of hydrogen-bond acceptors (Lipinski definition) is 4. The van der Waals surface area contributed by atoms with Crippen LogP contribution in [0.5, 0.6) is 0 Å². The quantitative estimate of drug-likeness (QED) is 0.884. The zero-order valence-corrected chi connectivity index (χ0v) is 12.4. The van der Waals surface area contributed by atoms with E-state index >= 15 is 0 Å². The lowest BCUT2D eigenvalue weighted by Crippen LogP contribution is -2.51. The van der Waals surface area contributed by atoms with E-state index in [1.54, 1.807) is 0 Å². The van der Waals surface area contributed by atoms with Crippen molar-refractivity contribution in [2.45, 2.75) is 39.3 Å². The standard InChI is InChI=1S/C15H27N3O/c1-4-12(2)17-7-9-18(10-8-17)14(11-16)15-6-5-13(3)19-15/h5-6,12,14H,4,7-11,16H2,1-3H3. The van der Waals surface area contributed by atoms with Crippen LogP contribution in [0.3, 0.4) is 0 Å². The van der Waals surface area contributed by atoms with Gasteiger partial charge in [-0.25, -0.2) is 0 Å². The minimum Gasteiger partial charge on any atom is -0.465 e. The Bertz CT molecular complexity index is 382. The van der Waals surface area contributed by atoms with Gasteiger partial charge in [-0.2, -0.15) is 0 Å². The number of furan rings is 1. The first kappa shape index (κ1) is 14.6. The Labute approximate surface area is 116 Å². The molecule has 2 unspecified atom stereocenters. The predicted molar refractivity (Wildman–Crippen MR) is 78.1 cm³/mol. The summed E-state index contributed by atoms with van der Waals surface area (Å²) in [4.78, 5) is 5.02. The molecule has 1 aliphatic rings. The van der Waals surface area contributed by atoms with Gasteiger partial charge in [0.1, 0.15) is 11.5 Å². The second-order valence-corrected chi connectivity index (χ2v) is 5.53. The summed E-state index contributed by atoms with van der Waals surface area (Å²) in [6.45, 7) is 11.6. The van der Waals surface area contributed by atoms with E-state index in [0.29, 0.717) is 12.6 Å². The first-order valence-corrected chi connectivity index (χ1v) is 7.40. The first-order chi connectivity index (χ1) is 9.15. The predicted octanol–water partition coefficient (Wildman–Crippen LogP) is 2.00. The van der Waals surface area contributed by atoms with Crippen LogP contribution < -0.4 is 5.73 Å². The van der Waals surface area contributed by atoms with Gasteiger partial charge < -0.3 is 10.2 Å². The van der Waals surface area contributed by atoms with Crippen molar-refractivity contribution < 1.29 is 4.42 Å². The third kappa shape index (κ3) is 3.38. The summed E-state index contributed by atoms with van der Waals surface area (Å²) < 4.78 is 5.75. The van der Waals surface area contributed by atoms with Crippen molar-refractivity contribution in [2.24, 2.45) is 5.73 Å². The molecule has 2 N–H and O–H groups in total. The van der Waals surface area contributed by atoms with Crippen molar-refractivity contribution in [3.63, 3.8) is 0 Å². The van der Waals surface area contributed by atoms with E-state index in [0.717, 1.165) is 37.7 Å². The minimum absolute atomic E-state index is 0.229. The number of nitrogens with two attached hydrogens (primary N) is 1. The Morgan fingerprint density at radius 3 is 2.32 bits per heavy atom. The molecule has 2 rings (SSSR count). The molecule has 1 aliphatic heterocycles. The number of aryl methyl sites for hydroxylation is 1. The molecule has 0 saturated carbocycles. The maximum absolute atomic E-state index is 5.95. The second kappa shape index (κ2) is 6.55. The van der Waals surface area contributed by atoms with Gasteiger partial charge in [-0.3, -0.25) is 9.80 Å². The third-order valence-corrected chi connectivity index (χ3v) is 4.32. The molecule has 0 aliphatic carbocycles. The largest absolute Gasteiger partial charge is 0.465 e. The average molecular weight is 265 g/mol. The highest BCUT2D eigenvalue weighted by Gasteiger charge is 2.27. The minimum atomic E-state index is 0.229. The zero-order chi connectivity index (χ0) is 13.8. The van der Waals surface area contributed by atoms with Crippen LogP contribution in [0.2, 0.25) is 0 Å².